The van der Waals surface area contributed by atoms with Crippen molar-refractivity contribution in [2.75, 3.05) is 6.54 Å². The lowest BCUT2D eigenvalue weighted by molar-refractivity contribution is -0.138. The first-order valence-electron chi connectivity index (χ1n) is 4.57. The number of nitrogens with two attached hydrogens (primary N) is 2. The summed E-state index contributed by atoms with van der Waals surface area (Å²) in [5, 5.41) is 15.7. The summed E-state index contributed by atoms with van der Waals surface area (Å²) in [4.78, 5) is 10.5. The molecule has 0 aliphatic carbocycles. The van der Waals surface area contributed by atoms with Crippen molar-refractivity contribution in [1.29, 1.82) is 0 Å². The molecular weight excluding hydrogens is 160 g/mol. The summed E-state index contributed by atoms with van der Waals surface area (Å²) in [6.45, 7) is 0.00286. The lowest BCUT2D eigenvalue weighted by Crippen LogP contribution is -2.33. The minimum Gasteiger partial charge on any atom is -0.480 e. The second kappa shape index (κ2) is 3.16. The number of nitrogens with zero attached hydrogens (tertiary/aromatic N) is 2. The van der Waals surface area contributed by atoms with E-state index in [-0.39, 0.29) is 6.54 Å². The molecule has 1 aliphatic heterocycles. The number of aliphatic carboxylic acids is 1. The van der Waals surface area contributed by atoms with E-state index in [9.17, 15) is 4.79 Å². The van der Waals surface area contributed by atoms with E-state index in [0.29, 0.717) is 0 Å². The Morgan fingerprint density at radius 1 is 1.75 bits per heavy atom. The molecule has 0 bridgehead atoms. The zero-order chi connectivity index (χ0) is 10.9. The van der Waals surface area contributed by atoms with Gasteiger partial charge in [0.25, 0.3) is 0 Å². The number of hydrogen-bond acceptors (Lipinski definition) is 5. The second-order valence-corrected chi connectivity index (χ2v) is 2.51. The van der Waals surface area contributed by atoms with Crippen LogP contribution in [0.15, 0.2) is 10.2 Å². The van der Waals surface area contributed by atoms with E-state index in [1.165, 1.54) is 0 Å². The van der Waals surface area contributed by atoms with Crippen LogP contribution in [0.5, 0.6) is 0 Å². The van der Waals surface area contributed by atoms with Gasteiger partial charge in [0.05, 0.1) is 0 Å². The number of rotatable bonds is 5. The molecular formula is C6H12N4O2. The van der Waals surface area contributed by atoms with Gasteiger partial charge in [0, 0.05) is 9.29 Å². The summed E-state index contributed by atoms with van der Waals surface area (Å²) in [6, 6.07) is -1.41. The first-order valence-corrected chi connectivity index (χ1v) is 3.41. The molecule has 12 heavy (non-hydrogen) atoms. The predicted molar refractivity (Wildman–Crippen MR) is 41.5 cm³/mol. The topological polar surface area (TPSA) is 114 Å². The number of hydrogen-bond donors (Lipinski definition) is 3. The minimum absolute atomic E-state index is 0.00286. The van der Waals surface area contributed by atoms with E-state index in [2.05, 4.69) is 10.2 Å². The first-order chi connectivity index (χ1) is 6.44. The molecule has 1 heterocycles. The number of carboxylic acids is 1. The average molecular weight is 174 g/mol. The fourth-order valence-electron chi connectivity index (χ4n) is 0.621. The van der Waals surface area contributed by atoms with Gasteiger partial charge in [-0.25, -0.2) is 0 Å². The Balaban J connectivity index is 2.61. The van der Waals surface area contributed by atoms with Crippen LogP contribution in [0.3, 0.4) is 0 Å². The molecule has 0 radical (unpaired) electrons. The summed E-state index contributed by atoms with van der Waals surface area (Å²) in [5.41, 5.74) is 9.42. The molecule has 0 saturated carbocycles. The molecule has 0 aromatic rings. The maximum absolute atomic E-state index is 10.5. The van der Waals surface area contributed by atoms with Gasteiger partial charge >= 0.3 is 5.97 Å². The monoisotopic (exact) mass is 174 g/mol. The molecule has 0 aromatic carbocycles. The maximum Gasteiger partial charge on any atom is 0.320 e. The number of carboxylic acid groups (broad SMARTS) is 1. The van der Waals surface area contributed by atoms with E-state index < -0.39 is 30.5 Å². The second-order valence-electron chi connectivity index (χ2n) is 2.51. The van der Waals surface area contributed by atoms with Crippen molar-refractivity contribution in [3.05, 3.63) is 0 Å². The Kier molecular flexibility index (Phi) is 1.71. The standard InChI is InChI=1S/C6H12N4O2/c7-3-6(9-10-6)2-1-4(8)5(11)12/h4H,1-3,7-8H2,(H,11,12)/t4-/m0/s1/i1D,2D/t1?,2?,4-. The molecule has 5 N–H and O–H groups in total. The van der Waals surface area contributed by atoms with E-state index in [0.717, 1.165) is 0 Å². The molecule has 0 aromatic heterocycles. The van der Waals surface area contributed by atoms with Crippen LogP contribution in [0.1, 0.15) is 15.5 Å². The number of carbonyl (C=O) groups is 1. The van der Waals surface area contributed by atoms with Crippen LogP contribution in [0, 0.1) is 0 Å². The van der Waals surface area contributed by atoms with Crippen LogP contribution < -0.4 is 11.5 Å². The molecule has 1 rings (SSSR count). The Labute approximate surface area is 72.5 Å². The van der Waals surface area contributed by atoms with Crippen LogP contribution >= 0.6 is 0 Å². The van der Waals surface area contributed by atoms with Crippen LogP contribution in [-0.4, -0.2) is 29.3 Å². The summed E-state index contributed by atoms with van der Waals surface area (Å²) in [6.07, 6.45) is -2.41. The fourth-order valence-corrected chi connectivity index (χ4v) is 0.621. The molecule has 0 saturated heterocycles. The highest BCUT2D eigenvalue weighted by atomic mass is 16.4. The highest BCUT2D eigenvalue weighted by Gasteiger charge is 2.38. The van der Waals surface area contributed by atoms with Crippen LogP contribution in [0.2, 0.25) is 0 Å². The summed E-state index contributed by atoms with van der Waals surface area (Å²) in [5.74, 6) is -1.31. The largest absolute Gasteiger partial charge is 0.480 e. The van der Waals surface area contributed by atoms with Crippen LogP contribution in [0.25, 0.3) is 0 Å². The van der Waals surface area contributed by atoms with Crippen molar-refractivity contribution in [2.45, 2.75) is 24.5 Å². The van der Waals surface area contributed by atoms with Gasteiger partial charge < -0.3 is 16.6 Å². The molecule has 0 fully saturated rings. The smallest absolute Gasteiger partial charge is 0.320 e. The van der Waals surface area contributed by atoms with Gasteiger partial charge in [0.15, 0.2) is 0 Å². The lowest BCUT2D eigenvalue weighted by Gasteiger charge is -2.09. The third-order valence-corrected chi connectivity index (χ3v) is 1.51. The molecule has 1 aliphatic rings. The van der Waals surface area contributed by atoms with E-state index in [4.69, 9.17) is 19.3 Å². The lowest BCUT2D eigenvalue weighted by atomic mass is 10.0. The van der Waals surface area contributed by atoms with Crippen molar-refractivity contribution in [1.82, 2.24) is 0 Å². The predicted octanol–water partition coefficient (Wildman–Crippen LogP) is -0.701. The van der Waals surface area contributed by atoms with Crippen LogP contribution in [-0.2, 0) is 4.79 Å². The third kappa shape index (κ3) is 1.99. The molecule has 0 spiro atoms. The van der Waals surface area contributed by atoms with E-state index >= 15 is 0 Å². The normalized spacial score (nSPS) is 28.2. The zero-order valence-electron chi connectivity index (χ0n) is 8.34. The Morgan fingerprint density at radius 3 is 2.67 bits per heavy atom. The molecule has 6 nitrogen and oxygen atoms in total. The third-order valence-electron chi connectivity index (χ3n) is 1.51. The SMILES string of the molecule is [2H]C(C([2H])C1(CN)N=N1)[C@H](N)C(=O)O. The molecule has 3 atom stereocenters. The Hall–Kier alpha value is -1.01. The molecule has 6 heteroatoms. The Bertz CT molecular complexity index is 267. The van der Waals surface area contributed by atoms with Crippen molar-refractivity contribution in [3.63, 3.8) is 0 Å². The fraction of sp³-hybridized carbons (Fsp3) is 0.833. The maximum atomic E-state index is 10.5. The average Bonchev–Trinajstić information content (AvgIpc) is 2.94. The van der Waals surface area contributed by atoms with Gasteiger partial charge in [-0.1, -0.05) is 0 Å². The zero-order valence-corrected chi connectivity index (χ0v) is 6.34. The highest BCUT2D eigenvalue weighted by Crippen LogP contribution is 2.31. The molecule has 0 amide bonds. The van der Waals surface area contributed by atoms with Crippen molar-refractivity contribution >= 4 is 5.97 Å². The first kappa shape index (κ1) is 6.50. The van der Waals surface area contributed by atoms with Gasteiger partial charge in [-0.3, -0.25) is 4.79 Å². The quantitative estimate of drug-likeness (QED) is 0.511. The van der Waals surface area contributed by atoms with Gasteiger partial charge in [-0.15, -0.1) is 0 Å². The van der Waals surface area contributed by atoms with Crippen LogP contribution in [0.4, 0.5) is 0 Å². The highest BCUT2D eigenvalue weighted by molar-refractivity contribution is 5.72. The summed E-state index contributed by atoms with van der Waals surface area (Å²) in [7, 11) is 0. The molecule has 2 unspecified atom stereocenters. The summed E-state index contributed by atoms with van der Waals surface area (Å²) < 4.78 is 15.0. The van der Waals surface area contributed by atoms with Crippen molar-refractivity contribution < 1.29 is 12.6 Å². The Morgan fingerprint density at radius 2 is 2.33 bits per heavy atom. The van der Waals surface area contributed by atoms with Crippen molar-refractivity contribution in [2.24, 2.45) is 21.7 Å². The van der Waals surface area contributed by atoms with Gasteiger partial charge in [-0.05, 0) is 12.8 Å². The van der Waals surface area contributed by atoms with E-state index in [1.807, 2.05) is 0 Å². The van der Waals surface area contributed by atoms with Gasteiger partial charge in [0.1, 0.15) is 6.04 Å². The van der Waals surface area contributed by atoms with Crippen molar-refractivity contribution in [3.8, 4) is 0 Å². The van der Waals surface area contributed by atoms with Gasteiger partial charge in [-0.2, -0.15) is 10.2 Å². The van der Waals surface area contributed by atoms with E-state index in [1.54, 1.807) is 0 Å². The minimum atomic E-state index is -1.41. The molecule has 68 valence electrons. The van der Waals surface area contributed by atoms with Gasteiger partial charge in [0.2, 0.25) is 5.66 Å². The summed E-state index contributed by atoms with van der Waals surface area (Å²) >= 11 is 0.